The van der Waals surface area contributed by atoms with Crippen molar-refractivity contribution in [2.75, 3.05) is 23.8 Å². The summed E-state index contributed by atoms with van der Waals surface area (Å²) in [7, 11) is 0. The van der Waals surface area contributed by atoms with E-state index in [0.717, 1.165) is 27.9 Å². The number of aromatic nitrogens is 2. The molecule has 0 fully saturated rings. The van der Waals surface area contributed by atoms with E-state index < -0.39 is 11.6 Å². The van der Waals surface area contributed by atoms with E-state index in [1.807, 2.05) is 48.5 Å². The van der Waals surface area contributed by atoms with E-state index in [-0.39, 0.29) is 37.3 Å². The lowest BCUT2D eigenvalue weighted by Crippen LogP contribution is -2.30. The van der Waals surface area contributed by atoms with Gasteiger partial charge in [-0.1, -0.05) is 70.2 Å². The van der Waals surface area contributed by atoms with Crippen molar-refractivity contribution in [2.45, 2.75) is 65.3 Å². The zero-order valence-corrected chi connectivity index (χ0v) is 24.3. The quantitative estimate of drug-likeness (QED) is 0.174. The van der Waals surface area contributed by atoms with Gasteiger partial charge in [-0.2, -0.15) is 0 Å². The summed E-state index contributed by atoms with van der Waals surface area (Å²) in [6.07, 6.45) is 3.30. The third kappa shape index (κ3) is 6.66. The van der Waals surface area contributed by atoms with Gasteiger partial charge in [0.2, 0.25) is 0 Å². The minimum Gasteiger partial charge on any atom is -0.396 e. The number of para-hydroxylation sites is 1. The van der Waals surface area contributed by atoms with Gasteiger partial charge >= 0.3 is 6.03 Å². The molecular weight excluding hydrogens is 516 g/mol. The molecule has 216 valence electrons. The van der Waals surface area contributed by atoms with E-state index in [4.69, 9.17) is 0 Å². The number of nitrogens with one attached hydrogen (secondary N) is 2. The fourth-order valence-corrected chi connectivity index (χ4v) is 5.25. The van der Waals surface area contributed by atoms with Crippen LogP contribution in [0.3, 0.4) is 0 Å². The van der Waals surface area contributed by atoms with Gasteiger partial charge in [0.1, 0.15) is 11.3 Å². The number of nitrogens with zero attached hydrogens (tertiary/aromatic N) is 2. The van der Waals surface area contributed by atoms with E-state index in [1.165, 1.54) is 4.57 Å². The van der Waals surface area contributed by atoms with Crippen molar-refractivity contribution in [1.29, 1.82) is 0 Å². The third-order valence-electron chi connectivity index (χ3n) is 7.25. The second-order valence-corrected chi connectivity index (χ2v) is 10.9. The van der Waals surface area contributed by atoms with Crippen LogP contribution in [0.5, 0.6) is 0 Å². The highest BCUT2D eigenvalue weighted by Gasteiger charge is 2.22. The van der Waals surface area contributed by atoms with Crippen LogP contribution in [0.25, 0.3) is 22.2 Å². The molecule has 2 heterocycles. The first-order chi connectivity index (χ1) is 19.8. The van der Waals surface area contributed by atoms with Crippen LogP contribution in [0.15, 0.2) is 65.6 Å². The summed E-state index contributed by atoms with van der Waals surface area (Å²) in [5.41, 5.74) is 5.40. The summed E-state index contributed by atoms with van der Waals surface area (Å²) in [6.45, 7) is 8.59. The first-order valence-corrected chi connectivity index (χ1v) is 14.3. The van der Waals surface area contributed by atoms with Gasteiger partial charge < -0.3 is 20.8 Å². The van der Waals surface area contributed by atoms with Crippen molar-refractivity contribution >= 4 is 28.4 Å². The average molecular weight is 557 g/mol. The maximum absolute atomic E-state index is 14.0. The fraction of sp³-hybridized carbons (Fsp3) is 0.364. The molecule has 0 radical (unpaired) electrons. The number of carbonyl (C=O) groups excluding carboxylic acids is 1. The zero-order valence-electron chi connectivity index (χ0n) is 24.3. The molecule has 0 atom stereocenters. The number of pyridine rings is 2. The molecule has 0 spiro atoms. The Morgan fingerprint density at radius 1 is 0.878 bits per heavy atom. The molecule has 4 N–H and O–H groups in total. The molecular formula is C33H40N4O4. The van der Waals surface area contributed by atoms with Gasteiger partial charge in [0, 0.05) is 42.6 Å². The van der Waals surface area contributed by atoms with Gasteiger partial charge in [-0.15, -0.1) is 0 Å². The molecule has 0 unspecified atom stereocenters. The summed E-state index contributed by atoms with van der Waals surface area (Å²) in [4.78, 5) is 32.3. The van der Waals surface area contributed by atoms with Crippen molar-refractivity contribution in [3.05, 3.63) is 87.8 Å². The normalized spacial score (nSPS) is 11.4. The van der Waals surface area contributed by atoms with Crippen LogP contribution in [0.1, 0.15) is 69.1 Å². The lowest BCUT2D eigenvalue weighted by atomic mass is 9.93. The monoisotopic (exact) mass is 556 g/mol. The number of aliphatic hydroxyl groups is 2. The van der Waals surface area contributed by atoms with Crippen molar-refractivity contribution in [3.63, 3.8) is 0 Å². The van der Waals surface area contributed by atoms with Crippen LogP contribution >= 0.6 is 0 Å². The molecule has 0 aliphatic heterocycles. The van der Waals surface area contributed by atoms with Crippen molar-refractivity contribution in [1.82, 2.24) is 9.55 Å². The number of aryl methyl sites for hydroxylation is 2. The van der Waals surface area contributed by atoms with E-state index in [2.05, 4.69) is 43.3 Å². The molecule has 4 aromatic rings. The average Bonchev–Trinajstić information content (AvgIpc) is 2.96. The summed E-state index contributed by atoms with van der Waals surface area (Å²) >= 11 is 0. The van der Waals surface area contributed by atoms with Gasteiger partial charge in [-0.25, -0.2) is 9.78 Å². The zero-order chi connectivity index (χ0) is 29.5. The number of aliphatic hydroxyl groups excluding tert-OH is 2. The number of rotatable bonds is 11. The predicted octanol–water partition coefficient (Wildman–Crippen LogP) is 6.26. The smallest absolute Gasteiger partial charge is 0.323 e. The predicted molar refractivity (Wildman–Crippen MR) is 166 cm³/mol. The molecule has 0 saturated carbocycles. The Bertz CT molecular complexity index is 1550. The number of amides is 2. The number of carbonyl (C=O) groups is 1. The lowest BCUT2D eigenvalue weighted by molar-refractivity contribution is 0.262. The molecule has 0 saturated heterocycles. The Morgan fingerprint density at radius 2 is 1.54 bits per heavy atom. The molecule has 4 rings (SSSR count). The highest BCUT2D eigenvalue weighted by Crippen LogP contribution is 2.35. The second kappa shape index (κ2) is 13.6. The van der Waals surface area contributed by atoms with E-state index in [1.54, 1.807) is 12.3 Å². The standard InChI is InChI=1S/C33H40N4O4/c1-21(2)25-13-6-14-26(22(3)4)29(25)35-33(41)36-30-28(24-12-5-10-23(20-24)11-8-18-38)27-15-7-16-34-31(27)37(32(30)40)17-9-19-39/h5-7,10,12-16,20-22,38-39H,8-9,11,17-19H2,1-4H3,(H2,35,36,41). The molecule has 2 amide bonds. The van der Waals surface area contributed by atoms with Crippen LogP contribution in [0.4, 0.5) is 16.2 Å². The van der Waals surface area contributed by atoms with Gasteiger partial charge in [0.05, 0.1) is 0 Å². The summed E-state index contributed by atoms with van der Waals surface area (Å²) in [6, 6.07) is 17.0. The number of urea groups is 1. The van der Waals surface area contributed by atoms with E-state index in [0.29, 0.717) is 35.9 Å². The minimum absolute atomic E-state index is 0.0807. The van der Waals surface area contributed by atoms with E-state index in [9.17, 15) is 19.8 Å². The maximum atomic E-state index is 14.0. The number of hydrogen-bond donors (Lipinski definition) is 4. The molecule has 2 aromatic carbocycles. The SMILES string of the molecule is CC(C)c1cccc(C(C)C)c1NC(=O)Nc1c(-c2cccc(CCCO)c2)c2cccnc2n(CCCO)c1=O. The van der Waals surface area contributed by atoms with Crippen molar-refractivity contribution < 1.29 is 15.0 Å². The Kier molecular flexibility index (Phi) is 9.91. The second-order valence-electron chi connectivity index (χ2n) is 10.9. The Labute approximate surface area is 241 Å². The lowest BCUT2D eigenvalue weighted by Gasteiger charge is -2.22. The minimum atomic E-state index is -0.508. The molecule has 41 heavy (non-hydrogen) atoms. The number of hydrogen-bond acceptors (Lipinski definition) is 5. The van der Waals surface area contributed by atoms with Crippen molar-refractivity contribution in [2.24, 2.45) is 0 Å². The first-order valence-electron chi connectivity index (χ1n) is 14.3. The maximum Gasteiger partial charge on any atom is 0.323 e. The summed E-state index contributed by atoms with van der Waals surface area (Å²) in [5.74, 6) is 0.368. The third-order valence-corrected chi connectivity index (χ3v) is 7.25. The van der Waals surface area contributed by atoms with E-state index >= 15 is 0 Å². The topological polar surface area (TPSA) is 116 Å². The molecule has 8 nitrogen and oxygen atoms in total. The van der Waals surface area contributed by atoms with Gasteiger partial charge in [0.15, 0.2) is 0 Å². The highest BCUT2D eigenvalue weighted by molar-refractivity contribution is 6.07. The molecule has 8 heteroatoms. The van der Waals surface area contributed by atoms with Crippen LogP contribution in [0.2, 0.25) is 0 Å². The fourth-order valence-electron chi connectivity index (χ4n) is 5.25. The molecule has 0 bridgehead atoms. The Morgan fingerprint density at radius 3 is 2.20 bits per heavy atom. The van der Waals surface area contributed by atoms with Gasteiger partial charge in [0.25, 0.3) is 5.56 Å². The summed E-state index contributed by atoms with van der Waals surface area (Å²) < 4.78 is 1.52. The number of benzene rings is 2. The van der Waals surface area contributed by atoms with Crippen LogP contribution in [-0.4, -0.2) is 39.0 Å². The van der Waals surface area contributed by atoms with Gasteiger partial charge in [-0.05, 0) is 65.5 Å². The van der Waals surface area contributed by atoms with Crippen molar-refractivity contribution in [3.8, 4) is 11.1 Å². The molecule has 2 aromatic heterocycles. The largest absolute Gasteiger partial charge is 0.396 e. The highest BCUT2D eigenvalue weighted by atomic mass is 16.3. The van der Waals surface area contributed by atoms with Crippen LogP contribution in [-0.2, 0) is 13.0 Å². The molecule has 0 aliphatic carbocycles. The van der Waals surface area contributed by atoms with Crippen LogP contribution in [0, 0.1) is 0 Å². The molecule has 0 aliphatic rings. The van der Waals surface area contributed by atoms with Gasteiger partial charge in [-0.3, -0.25) is 9.36 Å². The van der Waals surface area contributed by atoms with Crippen LogP contribution < -0.4 is 16.2 Å². The summed E-state index contributed by atoms with van der Waals surface area (Å²) in [5, 5.41) is 25.5. The number of anilines is 2. The Balaban J connectivity index is 1.88. The first kappa shape index (κ1) is 30.0. The number of fused-ring (bicyclic) bond motifs is 1. The Hall–Kier alpha value is -4.01.